The molecular formula is C55H48N4. The number of pyridine rings is 2. The highest BCUT2D eigenvalue weighted by Gasteiger charge is 2.30. The number of fused-ring (bicyclic) bond motifs is 2. The van der Waals surface area contributed by atoms with Crippen molar-refractivity contribution in [3.05, 3.63) is 181 Å². The van der Waals surface area contributed by atoms with Crippen LogP contribution in [0.1, 0.15) is 64.5 Å². The quantitative estimate of drug-likeness (QED) is 0.130. The van der Waals surface area contributed by atoms with E-state index in [0.29, 0.717) is 0 Å². The molecule has 288 valence electrons. The molecule has 0 saturated heterocycles. The van der Waals surface area contributed by atoms with E-state index in [9.17, 15) is 0 Å². The molecule has 0 amide bonds. The van der Waals surface area contributed by atoms with Crippen molar-refractivity contribution >= 4 is 88.2 Å². The van der Waals surface area contributed by atoms with Crippen LogP contribution in [0.2, 0.25) is 0 Å². The highest BCUT2D eigenvalue weighted by atomic mass is 15.2. The number of rotatable bonds is 10. The molecule has 2 heterocycles. The van der Waals surface area contributed by atoms with Gasteiger partial charge in [-0.3, -0.25) is 9.80 Å². The van der Waals surface area contributed by atoms with Gasteiger partial charge >= 0.3 is 0 Å². The number of aromatic nitrogens is 2. The zero-order chi connectivity index (χ0) is 40.3. The van der Waals surface area contributed by atoms with E-state index in [1.54, 1.807) is 0 Å². The van der Waals surface area contributed by atoms with Crippen LogP contribution in [-0.4, -0.2) is 9.97 Å². The monoisotopic (exact) mass is 764 g/mol. The van der Waals surface area contributed by atoms with Crippen LogP contribution < -0.4 is 9.80 Å². The zero-order valence-corrected chi connectivity index (χ0v) is 34.4. The molecule has 0 unspecified atom stereocenters. The molecule has 4 nitrogen and oxygen atoms in total. The number of benzene rings is 8. The van der Waals surface area contributed by atoms with Crippen molar-refractivity contribution in [2.45, 2.75) is 58.8 Å². The Kier molecular flexibility index (Phi) is 9.02. The van der Waals surface area contributed by atoms with Crippen LogP contribution in [0.3, 0.4) is 0 Å². The summed E-state index contributed by atoms with van der Waals surface area (Å²) in [5, 5.41) is 12.4. The van der Waals surface area contributed by atoms with Crippen molar-refractivity contribution in [1.82, 2.24) is 9.97 Å². The van der Waals surface area contributed by atoms with Gasteiger partial charge in [-0.25, -0.2) is 9.97 Å². The summed E-state index contributed by atoms with van der Waals surface area (Å²) < 4.78 is 0. The maximum absolute atomic E-state index is 5.06. The van der Waals surface area contributed by atoms with E-state index in [1.807, 2.05) is 24.5 Å². The molecule has 0 bridgehead atoms. The third kappa shape index (κ3) is 6.05. The van der Waals surface area contributed by atoms with Gasteiger partial charge < -0.3 is 0 Å². The third-order valence-corrected chi connectivity index (χ3v) is 12.4. The molecule has 10 rings (SSSR count). The minimum Gasteiger partial charge on any atom is -0.294 e. The second kappa shape index (κ2) is 14.6. The lowest BCUT2D eigenvalue weighted by molar-refractivity contribution is 0.477. The van der Waals surface area contributed by atoms with Crippen molar-refractivity contribution in [2.75, 3.05) is 9.80 Å². The van der Waals surface area contributed by atoms with Crippen molar-refractivity contribution in [2.24, 2.45) is 0 Å². The van der Waals surface area contributed by atoms with Crippen LogP contribution in [0, 0.1) is 0 Å². The van der Waals surface area contributed by atoms with E-state index in [4.69, 9.17) is 9.97 Å². The second-order valence-corrected chi connectivity index (χ2v) is 16.8. The Hall–Kier alpha value is -6.78. The molecule has 0 N–H and O–H groups in total. The smallest absolute Gasteiger partial charge is 0.137 e. The van der Waals surface area contributed by atoms with E-state index in [2.05, 4.69) is 190 Å². The molecule has 0 aliphatic heterocycles. The molecule has 0 fully saturated rings. The lowest BCUT2D eigenvalue weighted by atomic mass is 9.75. The third-order valence-electron chi connectivity index (χ3n) is 12.4. The average molecular weight is 765 g/mol. The van der Waals surface area contributed by atoms with Crippen LogP contribution in [0.25, 0.3) is 53.9 Å². The van der Waals surface area contributed by atoms with Crippen molar-refractivity contribution < 1.29 is 0 Å². The average Bonchev–Trinajstić information content (AvgIpc) is 3.27. The summed E-state index contributed by atoms with van der Waals surface area (Å²) in [4.78, 5) is 14.8. The van der Waals surface area contributed by atoms with Gasteiger partial charge in [0.2, 0.25) is 0 Å². The van der Waals surface area contributed by atoms with Crippen molar-refractivity contribution in [3.8, 4) is 0 Å². The molecule has 2 aromatic heterocycles. The predicted octanol–water partition coefficient (Wildman–Crippen LogP) is 15.8. The Labute approximate surface area is 346 Å². The molecule has 0 aliphatic carbocycles. The molecule has 0 radical (unpaired) electrons. The standard InChI is InChI=1S/C55H48N4/c1-6-31-55(4,5)46-34-45-50(59(52-26-12-14-33-57-52)48-24-16-20-38-18-8-10-22-40(38)48)35-44(36(2)3)41-27-28-43-49(30-29-42(46)54(43)53(41)45)58(51-25-11-13-32-56-51)47-23-15-19-37-17-7-9-21-39(37)47/h7-30,32-36H,6,31H2,1-5H3. The highest BCUT2D eigenvalue weighted by molar-refractivity contribution is 6.30. The van der Waals surface area contributed by atoms with E-state index in [1.165, 1.54) is 65.0 Å². The normalized spacial score (nSPS) is 12.1. The molecule has 0 atom stereocenters. The first-order valence-corrected chi connectivity index (χ1v) is 21.0. The summed E-state index contributed by atoms with van der Waals surface area (Å²) in [5.41, 5.74) is 7.04. The summed E-state index contributed by atoms with van der Waals surface area (Å²) in [5.74, 6) is 2.04. The van der Waals surface area contributed by atoms with Gasteiger partial charge in [-0.15, -0.1) is 0 Å². The Balaban J connectivity index is 1.38. The first kappa shape index (κ1) is 36.6. The highest BCUT2D eigenvalue weighted by Crippen LogP contribution is 2.52. The molecule has 0 spiro atoms. The lowest BCUT2D eigenvalue weighted by Crippen LogP contribution is -2.19. The predicted molar refractivity (Wildman–Crippen MR) is 252 cm³/mol. The van der Waals surface area contributed by atoms with Crippen molar-refractivity contribution in [3.63, 3.8) is 0 Å². The maximum atomic E-state index is 5.06. The Morgan fingerprint density at radius 3 is 1.56 bits per heavy atom. The van der Waals surface area contributed by atoms with Gasteiger partial charge in [0.1, 0.15) is 11.6 Å². The molecule has 10 aromatic rings. The summed E-state index contributed by atoms with van der Waals surface area (Å²) in [6.45, 7) is 11.8. The molecule has 4 heteroatoms. The van der Waals surface area contributed by atoms with Gasteiger partial charge in [-0.05, 0) is 116 Å². The van der Waals surface area contributed by atoms with Crippen LogP contribution in [-0.2, 0) is 5.41 Å². The van der Waals surface area contributed by atoms with E-state index < -0.39 is 0 Å². The number of anilines is 6. The van der Waals surface area contributed by atoms with Crippen LogP contribution in [0.15, 0.2) is 170 Å². The summed E-state index contributed by atoms with van der Waals surface area (Å²) in [6.07, 6.45) is 5.96. The largest absolute Gasteiger partial charge is 0.294 e. The number of nitrogens with zero attached hydrogens (tertiary/aromatic N) is 4. The van der Waals surface area contributed by atoms with Gasteiger partial charge in [0, 0.05) is 33.9 Å². The summed E-state index contributed by atoms with van der Waals surface area (Å²) >= 11 is 0. The number of hydrogen-bond donors (Lipinski definition) is 0. The molecule has 8 aromatic carbocycles. The SMILES string of the molecule is CCCC(C)(C)c1cc2c(N(c3ccccn3)c3cccc4ccccc34)cc(C(C)C)c3ccc4c(N(c5ccccn5)c5cccc6ccccc56)ccc1c4c32. The van der Waals surface area contributed by atoms with E-state index in [0.717, 1.165) is 47.2 Å². The minimum atomic E-state index is -0.0946. The molecule has 59 heavy (non-hydrogen) atoms. The van der Waals surface area contributed by atoms with Gasteiger partial charge in [-0.1, -0.05) is 144 Å². The number of hydrogen-bond acceptors (Lipinski definition) is 4. The van der Waals surface area contributed by atoms with Gasteiger partial charge in [0.25, 0.3) is 0 Å². The maximum Gasteiger partial charge on any atom is 0.137 e. The van der Waals surface area contributed by atoms with E-state index >= 15 is 0 Å². The lowest BCUT2D eigenvalue weighted by Gasteiger charge is -2.33. The van der Waals surface area contributed by atoms with Crippen LogP contribution >= 0.6 is 0 Å². The summed E-state index contributed by atoms with van der Waals surface area (Å²) in [6, 6.07) is 57.5. The van der Waals surface area contributed by atoms with Gasteiger partial charge in [-0.2, -0.15) is 0 Å². The first-order valence-electron chi connectivity index (χ1n) is 21.0. The topological polar surface area (TPSA) is 32.3 Å². The second-order valence-electron chi connectivity index (χ2n) is 16.8. The fraction of sp³-hybridized carbons (Fsp3) is 0.164. The fourth-order valence-corrected chi connectivity index (χ4v) is 9.68. The van der Waals surface area contributed by atoms with Crippen LogP contribution in [0.4, 0.5) is 34.4 Å². The first-order chi connectivity index (χ1) is 28.8. The molecule has 0 saturated carbocycles. The van der Waals surface area contributed by atoms with Crippen molar-refractivity contribution in [1.29, 1.82) is 0 Å². The minimum absolute atomic E-state index is 0.0946. The van der Waals surface area contributed by atoms with Crippen LogP contribution in [0.5, 0.6) is 0 Å². The Morgan fingerprint density at radius 2 is 0.983 bits per heavy atom. The fourth-order valence-electron chi connectivity index (χ4n) is 9.68. The Morgan fingerprint density at radius 1 is 0.475 bits per heavy atom. The zero-order valence-electron chi connectivity index (χ0n) is 34.4. The summed E-state index contributed by atoms with van der Waals surface area (Å²) in [7, 11) is 0. The van der Waals surface area contributed by atoms with E-state index in [-0.39, 0.29) is 11.3 Å². The Bertz CT molecular complexity index is 3120. The molecule has 0 aliphatic rings. The molecular weight excluding hydrogens is 717 g/mol. The van der Waals surface area contributed by atoms with Gasteiger partial charge in [0.05, 0.1) is 22.7 Å². The van der Waals surface area contributed by atoms with Gasteiger partial charge in [0.15, 0.2) is 0 Å².